The predicted octanol–water partition coefficient (Wildman–Crippen LogP) is 4.31. The summed E-state index contributed by atoms with van der Waals surface area (Å²) in [6, 6.07) is 6.00. The van der Waals surface area contributed by atoms with Crippen LogP contribution in [-0.4, -0.2) is 30.0 Å². The number of halogens is 4. The van der Waals surface area contributed by atoms with Crippen LogP contribution in [0.15, 0.2) is 42.6 Å². The molecule has 6 nitrogen and oxygen atoms in total. The number of piperidine rings is 1. The lowest BCUT2D eigenvalue weighted by atomic mass is 9.96. The van der Waals surface area contributed by atoms with Gasteiger partial charge in [-0.05, 0) is 36.6 Å². The van der Waals surface area contributed by atoms with Crippen molar-refractivity contribution in [1.29, 1.82) is 0 Å². The Morgan fingerprint density at radius 3 is 2.41 bits per heavy atom. The summed E-state index contributed by atoms with van der Waals surface area (Å²) in [5.41, 5.74) is 10.3. The van der Waals surface area contributed by atoms with Gasteiger partial charge in [-0.3, -0.25) is 4.79 Å². The Labute approximate surface area is 193 Å². The van der Waals surface area contributed by atoms with Crippen LogP contribution in [-0.2, 0) is 0 Å². The number of amides is 1. The Bertz CT molecular complexity index is 1220. The number of pyridine rings is 1. The summed E-state index contributed by atoms with van der Waals surface area (Å²) in [5.74, 6) is -5.35. The quantitative estimate of drug-likeness (QED) is 0.491. The lowest BCUT2D eigenvalue weighted by molar-refractivity contribution is 0.102. The largest absolute Gasteiger partial charge is 0.384 e. The Morgan fingerprint density at radius 2 is 1.74 bits per heavy atom. The average molecular weight is 473 g/mol. The molecular weight excluding hydrogens is 450 g/mol. The molecule has 0 radical (unpaired) electrons. The van der Waals surface area contributed by atoms with Crippen LogP contribution in [0.5, 0.6) is 0 Å². The van der Waals surface area contributed by atoms with E-state index in [4.69, 9.17) is 11.5 Å². The summed E-state index contributed by atoms with van der Waals surface area (Å²) in [6.07, 6.45) is 2.17. The fraction of sp³-hybridized carbons (Fsp3) is 0.250. The van der Waals surface area contributed by atoms with Crippen molar-refractivity contribution in [3.8, 4) is 11.1 Å². The van der Waals surface area contributed by atoms with Crippen molar-refractivity contribution in [2.75, 3.05) is 29.0 Å². The second-order valence-corrected chi connectivity index (χ2v) is 8.47. The van der Waals surface area contributed by atoms with Gasteiger partial charge in [0.05, 0.1) is 34.3 Å². The fourth-order valence-electron chi connectivity index (χ4n) is 4.30. The lowest BCUT2D eigenvalue weighted by Gasteiger charge is -2.37. The van der Waals surface area contributed by atoms with Crippen LogP contribution >= 0.6 is 0 Å². The van der Waals surface area contributed by atoms with Gasteiger partial charge in [-0.25, -0.2) is 22.5 Å². The first kappa shape index (κ1) is 23.5. The molecule has 3 aromatic rings. The minimum absolute atomic E-state index is 0.0885. The number of carbonyl (C=O) groups excluding carboxylic acids is 1. The minimum atomic E-state index is -1.39. The molecule has 1 amide bonds. The van der Waals surface area contributed by atoms with E-state index in [1.807, 2.05) is 11.8 Å². The molecule has 1 aliphatic rings. The number of hydrogen-bond donors (Lipinski definition) is 3. The van der Waals surface area contributed by atoms with Crippen molar-refractivity contribution in [3.05, 3.63) is 71.4 Å². The third-order valence-corrected chi connectivity index (χ3v) is 5.73. The van der Waals surface area contributed by atoms with Gasteiger partial charge in [0.15, 0.2) is 0 Å². The van der Waals surface area contributed by atoms with E-state index in [1.54, 1.807) is 6.07 Å². The molecule has 2 aromatic carbocycles. The topological polar surface area (TPSA) is 97.3 Å². The maximum absolute atomic E-state index is 15.3. The molecule has 34 heavy (non-hydrogen) atoms. The fourth-order valence-corrected chi connectivity index (χ4v) is 4.30. The summed E-state index contributed by atoms with van der Waals surface area (Å²) in [4.78, 5) is 18.9. The highest BCUT2D eigenvalue weighted by Crippen LogP contribution is 2.34. The Hall–Kier alpha value is -3.66. The predicted molar refractivity (Wildman–Crippen MR) is 122 cm³/mol. The van der Waals surface area contributed by atoms with Crippen molar-refractivity contribution in [2.45, 2.75) is 19.4 Å². The van der Waals surface area contributed by atoms with Crippen LogP contribution in [0.4, 0.5) is 34.8 Å². The number of nitrogen functional groups attached to an aromatic ring is 1. The van der Waals surface area contributed by atoms with Crippen molar-refractivity contribution < 1.29 is 22.4 Å². The van der Waals surface area contributed by atoms with Crippen LogP contribution in [0, 0.1) is 29.2 Å². The molecule has 178 valence electrons. The van der Waals surface area contributed by atoms with Gasteiger partial charge < -0.3 is 21.7 Å². The second-order valence-electron chi connectivity index (χ2n) is 8.47. The first-order chi connectivity index (χ1) is 16.2. The molecule has 10 heteroatoms. The highest BCUT2D eigenvalue weighted by Gasteiger charge is 2.27. The molecule has 0 bridgehead atoms. The zero-order chi connectivity index (χ0) is 24.6. The first-order valence-electron chi connectivity index (χ1n) is 10.7. The number of nitrogens with zero attached hydrogens (tertiary/aromatic N) is 2. The molecule has 0 saturated carbocycles. The van der Waals surface area contributed by atoms with Gasteiger partial charge in [0.25, 0.3) is 5.91 Å². The van der Waals surface area contributed by atoms with E-state index in [2.05, 4.69) is 10.3 Å². The maximum Gasteiger partial charge on any atom is 0.258 e. The molecule has 1 saturated heterocycles. The van der Waals surface area contributed by atoms with E-state index in [-0.39, 0.29) is 23.5 Å². The van der Waals surface area contributed by atoms with Gasteiger partial charge in [-0.15, -0.1) is 0 Å². The van der Waals surface area contributed by atoms with Crippen molar-refractivity contribution in [2.24, 2.45) is 11.7 Å². The molecule has 0 aliphatic carbocycles. The maximum atomic E-state index is 15.3. The molecule has 0 spiro atoms. The molecule has 1 aromatic heterocycles. The monoisotopic (exact) mass is 473 g/mol. The number of hydrogen-bond acceptors (Lipinski definition) is 5. The average Bonchev–Trinajstić information content (AvgIpc) is 2.76. The molecule has 0 unspecified atom stereocenters. The van der Waals surface area contributed by atoms with Gasteiger partial charge in [0.2, 0.25) is 0 Å². The van der Waals surface area contributed by atoms with E-state index in [0.717, 1.165) is 36.8 Å². The zero-order valence-corrected chi connectivity index (χ0v) is 18.3. The van der Waals surface area contributed by atoms with Gasteiger partial charge >= 0.3 is 0 Å². The van der Waals surface area contributed by atoms with Crippen LogP contribution in [0.3, 0.4) is 0 Å². The van der Waals surface area contributed by atoms with E-state index >= 15 is 4.39 Å². The lowest BCUT2D eigenvalue weighted by Crippen LogP contribution is -2.46. The highest BCUT2D eigenvalue weighted by atomic mass is 19.1. The molecular formula is C24H23F4N5O. The van der Waals surface area contributed by atoms with E-state index in [1.165, 1.54) is 6.20 Å². The second kappa shape index (κ2) is 9.30. The van der Waals surface area contributed by atoms with Crippen LogP contribution in [0.2, 0.25) is 0 Å². The van der Waals surface area contributed by atoms with Crippen LogP contribution in [0.25, 0.3) is 11.1 Å². The molecule has 2 heterocycles. The third kappa shape index (κ3) is 4.54. The van der Waals surface area contributed by atoms with Gasteiger partial charge in [-0.2, -0.15) is 0 Å². The Kier molecular flexibility index (Phi) is 6.43. The Balaban J connectivity index is 1.71. The van der Waals surface area contributed by atoms with E-state index in [0.29, 0.717) is 18.8 Å². The number of aromatic nitrogens is 1. The van der Waals surface area contributed by atoms with Gasteiger partial charge in [0, 0.05) is 25.2 Å². The van der Waals surface area contributed by atoms with Crippen molar-refractivity contribution >= 4 is 23.1 Å². The molecule has 1 aliphatic heterocycles. The summed E-state index contributed by atoms with van der Waals surface area (Å²) in [7, 11) is 0. The summed E-state index contributed by atoms with van der Waals surface area (Å²) in [5, 5.41) is 2.56. The minimum Gasteiger partial charge on any atom is -0.384 e. The standard InChI is InChI=1S/C24H23F4N5O/c1-12-7-13(29)11-33(10-12)19-8-20(30)31-9-18(19)32-24(34)14-5-6-17(27)22(23(14)28)21-15(25)3-2-4-16(21)26/h2-6,8-9,12-13H,7,10-11,29H2,1H3,(H2,30,31)(H,32,34)/t12-,13+/m1/s1. The van der Waals surface area contributed by atoms with E-state index < -0.39 is 45.9 Å². The van der Waals surface area contributed by atoms with Crippen molar-refractivity contribution in [1.82, 2.24) is 4.98 Å². The normalized spacial score (nSPS) is 18.1. The third-order valence-electron chi connectivity index (χ3n) is 5.73. The summed E-state index contributed by atoms with van der Waals surface area (Å²) in [6.45, 7) is 3.21. The van der Waals surface area contributed by atoms with Crippen LogP contribution < -0.4 is 21.7 Å². The van der Waals surface area contributed by atoms with E-state index in [9.17, 15) is 18.0 Å². The van der Waals surface area contributed by atoms with Gasteiger partial charge in [-0.1, -0.05) is 13.0 Å². The zero-order valence-electron chi connectivity index (χ0n) is 18.3. The number of benzene rings is 2. The first-order valence-corrected chi connectivity index (χ1v) is 10.7. The molecule has 4 rings (SSSR count). The molecule has 2 atom stereocenters. The van der Waals surface area contributed by atoms with Crippen LogP contribution in [0.1, 0.15) is 23.7 Å². The van der Waals surface area contributed by atoms with Crippen molar-refractivity contribution in [3.63, 3.8) is 0 Å². The number of rotatable bonds is 4. The highest BCUT2D eigenvalue weighted by molar-refractivity contribution is 6.07. The number of anilines is 3. The summed E-state index contributed by atoms with van der Waals surface area (Å²) < 4.78 is 58.2. The SMILES string of the molecule is C[C@@H]1C[C@H](N)CN(c2cc(N)ncc2NC(=O)c2ccc(F)c(-c3c(F)cccc3F)c2F)C1. The smallest absolute Gasteiger partial charge is 0.258 e. The number of carbonyl (C=O) groups is 1. The van der Waals surface area contributed by atoms with Gasteiger partial charge in [0.1, 0.15) is 29.1 Å². The Morgan fingerprint density at radius 1 is 1.06 bits per heavy atom. The summed E-state index contributed by atoms with van der Waals surface area (Å²) >= 11 is 0. The molecule has 1 fully saturated rings. The molecule has 5 N–H and O–H groups in total. The number of nitrogens with one attached hydrogen (secondary N) is 1. The number of nitrogens with two attached hydrogens (primary N) is 2.